The second-order valence-electron chi connectivity index (χ2n) is 7.94. The zero-order chi connectivity index (χ0) is 30.2. The molecule has 0 N–H and O–H groups in total. The van der Waals surface area contributed by atoms with E-state index >= 15 is 8.78 Å². The maximum absolute atomic E-state index is 16.0. The summed E-state index contributed by atoms with van der Waals surface area (Å²) in [5.41, 5.74) is -5.89. The summed E-state index contributed by atoms with van der Waals surface area (Å²) in [6.45, 7) is 0. The lowest BCUT2D eigenvalue weighted by Gasteiger charge is -2.19. The Labute approximate surface area is 222 Å². The summed E-state index contributed by atoms with van der Waals surface area (Å²) in [7, 11) is 0. The number of nitrogens with zero attached hydrogens (tertiary/aromatic N) is 1. The van der Waals surface area contributed by atoms with Crippen LogP contribution in [-0.2, 0) is 0 Å². The Kier molecular flexibility index (Phi) is 7.74. The summed E-state index contributed by atoms with van der Waals surface area (Å²) in [5.74, 6) is -6.75. The Hall–Kier alpha value is -4.56. The number of benzene rings is 3. The van der Waals surface area contributed by atoms with E-state index in [4.69, 9.17) is 0 Å². The molecule has 1 aromatic heterocycles. The molecule has 0 bridgehead atoms. The van der Waals surface area contributed by atoms with E-state index in [2.05, 4.69) is 19.2 Å². The SMILES string of the molecule is Fc1c(-c2ccccc2OC(F)(F)F)nc(-c2ccccc2OC(F)(F)F)c(F)c1-c1ccccc1OC(F)(F)F. The van der Waals surface area contributed by atoms with Crippen LogP contribution >= 0.6 is 0 Å². The van der Waals surface area contributed by atoms with Crippen LogP contribution in [0.25, 0.3) is 33.6 Å². The van der Waals surface area contributed by atoms with E-state index in [1.54, 1.807) is 0 Å². The monoisotopic (exact) mass is 595 g/mol. The second kappa shape index (κ2) is 10.8. The molecule has 15 heteroatoms. The first-order valence-electron chi connectivity index (χ1n) is 11.0. The fourth-order valence-corrected chi connectivity index (χ4v) is 3.78. The molecule has 0 aliphatic rings. The number of pyridine rings is 1. The molecule has 4 nitrogen and oxygen atoms in total. The molecule has 0 radical (unpaired) electrons. The molecule has 0 unspecified atom stereocenters. The molecule has 3 aromatic carbocycles. The van der Waals surface area contributed by atoms with Gasteiger partial charge in [-0.25, -0.2) is 13.8 Å². The van der Waals surface area contributed by atoms with Crippen molar-refractivity contribution in [1.82, 2.24) is 4.98 Å². The lowest BCUT2D eigenvalue weighted by molar-refractivity contribution is -0.275. The van der Waals surface area contributed by atoms with E-state index in [-0.39, 0.29) is 0 Å². The molecular formula is C26H12F11NO3. The maximum atomic E-state index is 16.0. The number of alkyl halides is 9. The number of ether oxygens (including phenoxy) is 3. The molecular weight excluding hydrogens is 583 g/mol. The fourth-order valence-electron chi connectivity index (χ4n) is 3.78. The Morgan fingerprint density at radius 1 is 0.439 bits per heavy atom. The first-order chi connectivity index (χ1) is 19.0. The van der Waals surface area contributed by atoms with Crippen molar-refractivity contribution in [2.45, 2.75) is 19.1 Å². The maximum Gasteiger partial charge on any atom is 0.573 e. The smallest absolute Gasteiger partial charge is 0.405 e. The van der Waals surface area contributed by atoms with E-state index in [1.165, 1.54) is 0 Å². The first kappa shape index (κ1) is 29.4. The first-order valence-corrected chi connectivity index (χ1v) is 11.0. The highest BCUT2D eigenvalue weighted by Crippen LogP contribution is 2.45. The van der Waals surface area contributed by atoms with E-state index in [0.717, 1.165) is 66.7 Å². The molecule has 41 heavy (non-hydrogen) atoms. The normalized spacial score (nSPS) is 12.3. The minimum Gasteiger partial charge on any atom is -0.405 e. The van der Waals surface area contributed by atoms with Crippen molar-refractivity contribution in [3.8, 4) is 50.9 Å². The Morgan fingerprint density at radius 2 is 0.732 bits per heavy atom. The molecule has 4 rings (SSSR count). The molecule has 0 atom stereocenters. The minimum absolute atomic E-state index is 0.697. The average Bonchev–Trinajstić information content (AvgIpc) is 2.84. The lowest BCUT2D eigenvalue weighted by atomic mass is 9.97. The number of aromatic nitrogens is 1. The third-order valence-electron chi connectivity index (χ3n) is 5.20. The van der Waals surface area contributed by atoms with Crippen molar-refractivity contribution in [3.05, 3.63) is 84.4 Å². The summed E-state index contributed by atoms with van der Waals surface area (Å²) in [4.78, 5) is 3.68. The number of hydrogen-bond donors (Lipinski definition) is 0. The Bertz CT molecular complexity index is 1480. The number of hydrogen-bond acceptors (Lipinski definition) is 4. The van der Waals surface area contributed by atoms with Crippen LogP contribution in [0.4, 0.5) is 48.3 Å². The van der Waals surface area contributed by atoms with Crippen LogP contribution in [0.1, 0.15) is 0 Å². The summed E-state index contributed by atoms with van der Waals surface area (Å²) in [6, 6.07) is 11.2. The van der Waals surface area contributed by atoms with Gasteiger partial charge >= 0.3 is 19.1 Å². The van der Waals surface area contributed by atoms with Gasteiger partial charge in [0, 0.05) is 16.7 Å². The average molecular weight is 595 g/mol. The quantitative estimate of drug-likeness (QED) is 0.209. The van der Waals surface area contributed by atoms with Crippen LogP contribution in [0.3, 0.4) is 0 Å². The molecule has 0 spiro atoms. The second-order valence-corrected chi connectivity index (χ2v) is 7.94. The third kappa shape index (κ3) is 6.96. The van der Waals surface area contributed by atoms with Crippen molar-refractivity contribution in [2.24, 2.45) is 0 Å². The third-order valence-corrected chi connectivity index (χ3v) is 5.20. The zero-order valence-electron chi connectivity index (χ0n) is 19.8. The molecule has 216 valence electrons. The van der Waals surface area contributed by atoms with Crippen molar-refractivity contribution in [3.63, 3.8) is 0 Å². The summed E-state index contributed by atoms with van der Waals surface area (Å²) in [6.07, 6.45) is -16.0. The van der Waals surface area contributed by atoms with Crippen LogP contribution in [0.5, 0.6) is 17.2 Å². The summed E-state index contributed by atoms with van der Waals surface area (Å²) in [5, 5.41) is 0. The largest absolute Gasteiger partial charge is 0.573 e. The molecule has 0 fully saturated rings. The van der Waals surface area contributed by atoms with Crippen LogP contribution in [-0.4, -0.2) is 24.1 Å². The van der Waals surface area contributed by atoms with Gasteiger partial charge in [-0.05, 0) is 30.3 Å². The fraction of sp³-hybridized carbons (Fsp3) is 0.115. The van der Waals surface area contributed by atoms with Gasteiger partial charge in [0.1, 0.15) is 28.6 Å². The van der Waals surface area contributed by atoms with Crippen molar-refractivity contribution in [1.29, 1.82) is 0 Å². The molecule has 0 aliphatic heterocycles. The number of halogens is 11. The van der Waals surface area contributed by atoms with E-state index in [9.17, 15) is 39.5 Å². The molecule has 1 heterocycles. The summed E-state index contributed by atoms with van der Waals surface area (Å²) < 4.78 is 161. The van der Waals surface area contributed by atoms with Gasteiger partial charge in [0.2, 0.25) is 0 Å². The van der Waals surface area contributed by atoms with Gasteiger partial charge in [-0.2, -0.15) is 0 Å². The molecule has 0 saturated heterocycles. The lowest BCUT2D eigenvalue weighted by Crippen LogP contribution is -2.18. The number of rotatable bonds is 6. The van der Waals surface area contributed by atoms with Crippen molar-refractivity contribution < 1.29 is 62.5 Å². The Balaban J connectivity index is 2.10. The van der Waals surface area contributed by atoms with Crippen molar-refractivity contribution in [2.75, 3.05) is 0 Å². The predicted octanol–water partition coefficient (Wildman–Crippen LogP) is 9.06. The standard InChI is InChI=1S/C26H12F11NO3/c27-20-19(13-7-1-4-10-16(13)39-24(29,30)31)21(28)23(15-9-3-6-12-18(15)41-26(35,36)37)38-22(20)14-8-2-5-11-17(14)40-25(32,33)34/h1-12H. The zero-order valence-corrected chi connectivity index (χ0v) is 19.8. The minimum atomic E-state index is -5.35. The predicted molar refractivity (Wildman–Crippen MR) is 121 cm³/mol. The van der Waals surface area contributed by atoms with Gasteiger partial charge in [-0.1, -0.05) is 42.5 Å². The van der Waals surface area contributed by atoms with Crippen LogP contribution in [0, 0.1) is 11.6 Å². The molecule has 4 aromatic rings. The summed E-state index contributed by atoms with van der Waals surface area (Å²) >= 11 is 0. The van der Waals surface area contributed by atoms with Crippen LogP contribution in [0.15, 0.2) is 72.8 Å². The van der Waals surface area contributed by atoms with Gasteiger partial charge < -0.3 is 14.2 Å². The van der Waals surface area contributed by atoms with Crippen LogP contribution < -0.4 is 14.2 Å². The molecule has 0 aliphatic carbocycles. The Morgan fingerprint density at radius 3 is 1.07 bits per heavy atom. The van der Waals surface area contributed by atoms with E-state index in [0.29, 0.717) is 6.07 Å². The van der Waals surface area contributed by atoms with E-state index < -0.39 is 81.6 Å². The molecule has 0 amide bonds. The van der Waals surface area contributed by atoms with Gasteiger partial charge in [-0.15, -0.1) is 39.5 Å². The van der Waals surface area contributed by atoms with Gasteiger partial charge in [-0.3, -0.25) is 0 Å². The van der Waals surface area contributed by atoms with Gasteiger partial charge in [0.05, 0.1) is 5.56 Å². The number of para-hydroxylation sites is 3. The van der Waals surface area contributed by atoms with Gasteiger partial charge in [0.15, 0.2) is 11.6 Å². The highest BCUT2D eigenvalue weighted by molar-refractivity contribution is 5.83. The molecule has 0 saturated carbocycles. The van der Waals surface area contributed by atoms with Gasteiger partial charge in [0.25, 0.3) is 0 Å². The topological polar surface area (TPSA) is 40.6 Å². The highest BCUT2D eigenvalue weighted by Gasteiger charge is 2.37. The highest BCUT2D eigenvalue weighted by atomic mass is 19.4. The van der Waals surface area contributed by atoms with Crippen LogP contribution in [0.2, 0.25) is 0 Å². The van der Waals surface area contributed by atoms with Crippen molar-refractivity contribution >= 4 is 0 Å². The van der Waals surface area contributed by atoms with E-state index in [1.807, 2.05) is 0 Å².